The number of nitrogens with one attached hydrogen (secondary N) is 1. The third-order valence-corrected chi connectivity index (χ3v) is 6.28. The van der Waals surface area contributed by atoms with E-state index in [2.05, 4.69) is 9.97 Å². The van der Waals surface area contributed by atoms with Crippen molar-refractivity contribution in [1.29, 1.82) is 0 Å². The lowest BCUT2D eigenvalue weighted by molar-refractivity contribution is -0.124. The SMILES string of the molecule is NC(=O)[C@H]1CCCCN1Cc1nc2cc(-c3ccc(Cl)cc3)sc2c(=O)[nH]1. The van der Waals surface area contributed by atoms with Crippen molar-refractivity contribution in [3.05, 3.63) is 51.5 Å². The number of H-pyrrole nitrogens is 1. The van der Waals surface area contributed by atoms with Crippen molar-refractivity contribution in [3.63, 3.8) is 0 Å². The molecular formula is C19H19ClN4O2S. The highest BCUT2D eigenvalue weighted by Gasteiger charge is 2.27. The van der Waals surface area contributed by atoms with E-state index in [9.17, 15) is 9.59 Å². The number of carbonyl (C=O) groups is 1. The number of rotatable bonds is 4. The molecule has 0 bridgehead atoms. The van der Waals surface area contributed by atoms with Gasteiger partial charge in [0.2, 0.25) is 5.91 Å². The van der Waals surface area contributed by atoms with Gasteiger partial charge in [-0.2, -0.15) is 0 Å². The maximum Gasteiger partial charge on any atom is 0.268 e. The van der Waals surface area contributed by atoms with Crippen LogP contribution in [0.2, 0.25) is 5.02 Å². The normalized spacial score (nSPS) is 18.0. The van der Waals surface area contributed by atoms with Gasteiger partial charge in [0.15, 0.2) is 0 Å². The standard InChI is InChI=1S/C19H19ClN4O2S/c20-12-6-4-11(5-7-12)15-9-13-17(27-15)19(26)23-16(22-13)10-24-8-2-1-3-14(24)18(21)25/h4-7,9,14H,1-3,8,10H2,(H2,21,25)(H,22,23,26)/t14-/m1/s1. The van der Waals surface area contributed by atoms with Crippen LogP contribution in [-0.2, 0) is 11.3 Å². The molecule has 27 heavy (non-hydrogen) atoms. The van der Waals surface area contributed by atoms with Crippen LogP contribution in [0.3, 0.4) is 0 Å². The van der Waals surface area contributed by atoms with Gasteiger partial charge in [0.1, 0.15) is 10.5 Å². The molecule has 0 aliphatic carbocycles. The van der Waals surface area contributed by atoms with Gasteiger partial charge in [-0.3, -0.25) is 14.5 Å². The van der Waals surface area contributed by atoms with Crippen molar-refractivity contribution < 1.29 is 4.79 Å². The van der Waals surface area contributed by atoms with Crippen LogP contribution >= 0.6 is 22.9 Å². The number of thiophene rings is 1. The maximum atomic E-state index is 12.5. The number of fused-ring (bicyclic) bond motifs is 1. The van der Waals surface area contributed by atoms with Crippen LogP contribution in [0.25, 0.3) is 20.7 Å². The van der Waals surface area contributed by atoms with Crippen molar-refractivity contribution in [3.8, 4) is 10.4 Å². The van der Waals surface area contributed by atoms with Crippen LogP contribution in [0.5, 0.6) is 0 Å². The molecule has 0 saturated carbocycles. The Morgan fingerprint density at radius 2 is 2.11 bits per heavy atom. The van der Waals surface area contributed by atoms with E-state index in [0.29, 0.717) is 27.6 Å². The average molecular weight is 403 g/mol. The fourth-order valence-corrected chi connectivity index (χ4v) is 4.64. The minimum absolute atomic E-state index is 0.159. The molecule has 1 aliphatic heterocycles. The number of carbonyl (C=O) groups excluding carboxylic acids is 1. The monoisotopic (exact) mass is 402 g/mol. The molecule has 4 rings (SSSR count). The highest BCUT2D eigenvalue weighted by atomic mass is 35.5. The minimum atomic E-state index is -0.321. The summed E-state index contributed by atoms with van der Waals surface area (Å²) in [4.78, 5) is 34.7. The number of primary amides is 1. The molecule has 2 aromatic heterocycles. The van der Waals surface area contributed by atoms with Gasteiger partial charge in [-0.1, -0.05) is 30.2 Å². The average Bonchev–Trinajstić information content (AvgIpc) is 3.07. The number of halogens is 1. The Hall–Kier alpha value is -2.22. The summed E-state index contributed by atoms with van der Waals surface area (Å²) in [6.45, 7) is 1.18. The minimum Gasteiger partial charge on any atom is -0.368 e. The first-order valence-corrected chi connectivity index (χ1v) is 10.0. The summed E-state index contributed by atoms with van der Waals surface area (Å²) in [5, 5.41) is 0.670. The summed E-state index contributed by atoms with van der Waals surface area (Å²) < 4.78 is 0.591. The summed E-state index contributed by atoms with van der Waals surface area (Å²) in [6, 6.07) is 9.12. The number of hydrogen-bond acceptors (Lipinski definition) is 5. The van der Waals surface area contributed by atoms with Gasteiger partial charge >= 0.3 is 0 Å². The molecule has 1 aromatic carbocycles. The molecule has 3 aromatic rings. The zero-order chi connectivity index (χ0) is 19.0. The number of aromatic amines is 1. The number of benzene rings is 1. The van der Waals surface area contributed by atoms with Crippen LogP contribution in [0.15, 0.2) is 35.1 Å². The van der Waals surface area contributed by atoms with Gasteiger partial charge in [-0.05, 0) is 43.1 Å². The fraction of sp³-hybridized carbons (Fsp3) is 0.316. The van der Waals surface area contributed by atoms with Gasteiger partial charge in [-0.15, -0.1) is 11.3 Å². The number of amides is 1. The number of nitrogens with zero attached hydrogens (tertiary/aromatic N) is 2. The molecule has 1 atom stereocenters. The molecule has 1 fully saturated rings. The lowest BCUT2D eigenvalue weighted by Gasteiger charge is -2.32. The molecule has 8 heteroatoms. The molecule has 3 heterocycles. The largest absolute Gasteiger partial charge is 0.368 e. The summed E-state index contributed by atoms with van der Waals surface area (Å²) in [5.74, 6) is 0.236. The van der Waals surface area contributed by atoms with Crippen molar-refractivity contribution >= 4 is 39.1 Å². The van der Waals surface area contributed by atoms with E-state index in [-0.39, 0.29) is 17.5 Å². The van der Waals surface area contributed by atoms with Crippen LogP contribution in [0.1, 0.15) is 25.1 Å². The molecule has 140 valence electrons. The van der Waals surface area contributed by atoms with E-state index < -0.39 is 0 Å². The number of nitrogens with two attached hydrogens (primary N) is 1. The number of hydrogen-bond donors (Lipinski definition) is 2. The Bertz CT molecular complexity index is 1040. The predicted molar refractivity (Wildman–Crippen MR) is 108 cm³/mol. The molecular weight excluding hydrogens is 384 g/mol. The van der Waals surface area contributed by atoms with Gasteiger partial charge in [0.05, 0.1) is 18.1 Å². The summed E-state index contributed by atoms with van der Waals surface area (Å²) >= 11 is 7.35. The first kappa shape index (κ1) is 18.2. The maximum absolute atomic E-state index is 12.5. The third-order valence-electron chi connectivity index (χ3n) is 4.86. The summed E-state index contributed by atoms with van der Waals surface area (Å²) in [6.07, 6.45) is 2.75. The number of piperidine rings is 1. The lowest BCUT2D eigenvalue weighted by Crippen LogP contribution is -2.47. The molecule has 6 nitrogen and oxygen atoms in total. The molecule has 0 radical (unpaired) electrons. The van der Waals surface area contributed by atoms with E-state index in [0.717, 1.165) is 36.2 Å². The van der Waals surface area contributed by atoms with Crippen molar-refractivity contribution in [2.45, 2.75) is 31.8 Å². The van der Waals surface area contributed by atoms with Crippen molar-refractivity contribution in [2.24, 2.45) is 5.73 Å². The van der Waals surface area contributed by atoms with Crippen molar-refractivity contribution in [2.75, 3.05) is 6.54 Å². The van der Waals surface area contributed by atoms with Gasteiger partial charge in [0, 0.05) is 9.90 Å². The Morgan fingerprint density at radius 1 is 1.33 bits per heavy atom. The van der Waals surface area contributed by atoms with E-state index in [1.165, 1.54) is 11.3 Å². The summed E-state index contributed by atoms with van der Waals surface area (Å²) in [5.41, 5.74) is 7.03. The molecule has 3 N–H and O–H groups in total. The van der Waals surface area contributed by atoms with Crippen LogP contribution in [-0.4, -0.2) is 33.4 Å². The highest BCUT2D eigenvalue weighted by molar-refractivity contribution is 7.22. The molecule has 1 aliphatic rings. The Balaban J connectivity index is 1.66. The molecule has 1 saturated heterocycles. The predicted octanol–water partition coefficient (Wildman–Crippen LogP) is 3.14. The van der Waals surface area contributed by atoms with Crippen LogP contribution in [0.4, 0.5) is 0 Å². The van der Waals surface area contributed by atoms with Crippen LogP contribution < -0.4 is 11.3 Å². The topological polar surface area (TPSA) is 92.1 Å². The van der Waals surface area contributed by atoms with E-state index in [4.69, 9.17) is 17.3 Å². The van der Waals surface area contributed by atoms with Crippen molar-refractivity contribution in [1.82, 2.24) is 14.9 Å². The molecule has 0 unspecified atom stereocenters. The first-order valence-electron chi connectivity index (χ1n) is 8.83. The molecule has 0 spiro atoms. The lowest BCUT2D eigenvalue weighted by atomic mass is 10.0. The van der Waals surface area contributed by atoms with Gasteiger partial charge in [-0.25, -0.2) is 4.98 Å². The third kappa shape index (κ3) is 3.76. The highest BCUT2D eigenvalue weighted by Crippen LogP contribution is 2.31. The Kier molecular flexibility index (Phi) is 4.99. The number of aromatic nitrogens is 2. The van der Waals surface area contributed by atoms with E-state index >= 15 is 0 Å². The first-order chi connectivity index (χ1) is 13.0. The summed E-state index contributed by atoms with van der Waals surface area (Å²) in [7, 11) is 0. The Labute approximate surface area is 165 Å². The second kappa shape index (κ2) is 7.42. The number of likely N-dealkylation sites (tertiary alicyclic amines) is 1. The smallest absolute Gasteiger partial charge is 0.268 e. The van der Waals surface area contributed by atoms with E-state index in [1.807, 2.05) is 35.2 Å². The fourth-order valence-electron chi connectivity index (χ4n) is 3.51. The quantitative estimate of drug-likeness (QED) is 0.701. The van der Waals surface area contributed by atoms with Gasteiger partial charge in [0.25, 0.3) is 5.56 Å². The Morgan fingerprint density at radius 3 is 2.85 bits per heavy atom. The zero-order valence-electron chi connectivity index (χ0n) is 14.6. The van der Waals surface area contributed by atoms with Gasteiger partial charge < -0.3 is 10.7 Å². The second-order valence-corrected chi connectivity index (χ2v) is 8.22. The molecule has 1 amide bonds. The van der Waals surface area contributed by atoms with E-state index in [1.54, 1.807) is 0 Å². The second-order valence-electron chi connectivity index (χ2n) is 6.73. The zero-order valence-corrected chi connectivity index (χ0v) is 16.1. The van der Waals surface area contributed by atoms with Crippen LogP contribution in [0, 0.1) is 0 Å².